The lowest BCUT2D eigenvalue weighted by Gasteiger charge is -2.48. The van der Waals surface area contributed by atoms with Crippen LogP contribution in [-0.2, 0) is 4.74 Å². The van der Waals surface area contributed by atoms with Crippen molar-refractivity contribution < 1.29 is 67.6 Å². The van der Waals surface area contributed by atoms with E-state index in [1.165, 1.54) is 6.92 Å². The van der Waals surface area contributed by atoms with Gasteiger partial charge in [-0.15, -0.1) is 0 Å². The number of ether oxygens (including phenoxy) is 1. The van der Waals surface area contributed by atoms with E-state index in [1.54, 1.807) is 6.92 Å². The van der Waals surface area contributed by atoms with Gasteiger partial charge in [0.2, 0.25) is 0 Å². The first-order chi connectivity index (χ1) is 14.0. The Morgan fingerprint density at radius 3 is 1.25 bits per heavy atom. The second-order valence-corrected chi connectivity index (χ2v) is 8.09. The maximum Gasteiger partial charge on any atom is 0.426 e. The zero-order valence-corrected chi connectivity index (χ0v) is 16.7. The van der Waals surface area contributed by atoms with Crippen LogP contribution in [0.15, 0.2) is 0 Å². The van der Waals surface area contributed by atoms with Crippen LogP contribution in [0.5, 0.6) is 0 Å². The summed E-state index contributed by atoms with van der Waals surface area (Å²) in [5.41, 5.74) is -11.2. The molecule has 1 aliphatic carbocycles. The summed E-state index contributed by atoms with van der Waals surface area (Å²) in [6.45, 7) is 2.74. The summed E-state index contributed by atoms with van der Waals surface area (Å²) in [4.78, 5) is 0. The minimum absolute atomic E-state index is 0.373. The van der Waals surface area contributed by atoms with E-state index >= 15 is 0 Å². The molecule has 0 heterocycles. The molecule has 3 unspecified atom stereocenters. The number of halogens is 12. The maximum atomic E-state index is 13.3. The van der Waals surface area contributed by atoms with E-state index in [1.807, 2.05) is 0 Å². The molecule has 1 fully saturated rings. The molecule has 32 heavy (non-hydrogen) atoms. The molecule has 1 rings (SSSR count). The summed E-state index contributed by atoms with van der Waals surface area (Å²) in [5, 5.41) is 19.2. The highest BCUT2D eigenvalue weighted by molar-refractivity contribution is 5.08. The van der Waals surface area contributed by atoms with Crippen molar-refractivity contribution in [2.45, 2.75) is 81.5 Å². The highest BCUT2D eigenvalue weighted by Crippen LogP contribution is 2.57. The fourth-order valence-corrected chi connectivity index (χ4v) is 3.75. The lowest BCUT2D eigenvalue weighted by molar-refractivity contribution is -0.406. The van der Waals surface area contributed by atoms with Gasteiger partial charge in [-0.2, -0.15) is 52.7 Å². The average Bonchev–Trinajstić information content (AvgIpc) is 2.60. The van der Waals surface area contributed by atoms with Crippen LogP contribution >= 0.6 is 0 Å². The van der Waals surface area contributed by atoms with Crippen LogP contribution in [0.25, 0.3) is 0 Å². The molecule has 0 bridgehead atoms. The minimum Gasteiger partial charge on any atom is -0.378 e. The van der Waals surface area contributed by atoms with Gasteiger partial charge in [0, 0.05) is 18.4 Å². The second-order valence-electron chi connectivity index (χ2n) is 8.09. The smallest absolute Gasteiger partial charge is 0.378 e. The Bertz CT molecular complexity index is 548. The first kappa shape index (κ1) is 29.1. The molecule has 1 aliphatic rings. The molecule has 0 aromatic heterocycles. The van der Waals surface area contributed by atoms with Gasteiger partial charge in [0.15, 0.2) is 0 Å². The summed E-state index contributed by atoms with van der Waals surface area (Å²) in [5.74, 6) is -6.76. The summed E-state index contributed by atoms with van der Waals surface area (Å²) >= 11 is 0. The Morgan fingerprint density at radius 1 is 0.688 bits per heavy atom. The summed E-state index contributed by atoms with van der Waals surface area (Å²) < 4.78 is 164. The van der Waals surface area contributed by atoms with Gasteiger partial charge in [0.05, 0.1) is 6.10 Å². The lowest BCUT2D eigenvalue weighted by atomic mass is 9.65. The minimum atomic E-state index is -6.48. The van der Waals surface area contributed by atoms with Crippen LogP contribution in [0.4, 0.5) is 52.7 Å². The molecule has 3 atom stereocenters. The number of hydrogen-bond acceptors (Lipinski definition) is 3. The van der Waals surface area contributed by atoms with E-state index in [0.29, 0.717) is 6.42 Å². The predicted octanol–water partition coefficient (Wildman–Crippen LogP) is 5.55. The van der Waals surface area contributed by atoms with Crippen LogP contribution < -0.4 is 0 Å². The van der Waals surface area contributed by atoms with E-state index in [4.69, 9.17) is 4.74 Å². The van der Waals surface area contributed by atoms with Gasteiger partial charge in [-0.05, 0) is 25.2 Å². The van der Waals surface area contributed by atoms with Crippen LogP contribution in [0.1, 0.15) is 39.5 Å². The summed E-state index contributed by atoms with van der Waals surface area (Å²) in [6.07, 6.45) is -32.2. The monoisotopic (exact) mass is 502 g/mol. The molecule has 15 heteroatoms. The Kier molecular flexibility index (Phi) is 8.18. The van der Waals surface area contributed by atoms with Crippen LogP contribution in [0.3, 0.4) is 0 Å². The maximum absolute atomic E-state index is 13.3. The Labute approximate surface area is 174 Å². The van der Waals surface area contributed by atoms with E-state index in [0.717, 1.165) is 0 Å². The van der Waals surface area contributed by atoms with E-state index in [2.05, 4.69) is 0 Å². The predicted molar refractivity (Wildman–Crippen MR) is 84.1 cm³/mol. The topological polar surface area (TPSA) is 49.7 Å². The molecular weight excluding hydrogens is 480 g/mol. The Morgan fingerprint density at radius 2 is 1.00 bits per heavy atom. The molecule has 0 spiro atoms. The number of rotatable bonds is 6. The highest BCUT2D eigenvalue weighted by atomic mass is 19.4. The Hall–Kier alpha value is -0.960. The molecule has 0 saturated heterocycles. The van der Waals surface area contributed by atoms with Gasteiger partial charge in [0.25, 0.3) is 11.2 Å². The normalized spacial score (nSPS) is 25.7. The third kappa shape index (κ3) is 5.24. The third-order valence-corrected chi connectivity index (χ3v) is 5.89. The van der Waals surface area contributed by atoms with Crippen LogP contribution in [-0.4, -0.2) is 58.8 Å². The molecule has 0 aromatic rings. The molecule has 2 N–H and O–H groups in total. The van der Waals surface area contributed by atoms with Crippen molar-refractivity contribution in [3.63, 3.8) is 0 Å². The molecular formula is C17H22F12O3. The van der Waals surface area contributed by atoms with Crippen molar-refractivity contribution in [2.24, 2.45) is 17.8 Å². The number of aliphatic hydroxyl groups is 2. The second kappa shape index (κ2) is 9.01. The average molecular weight is 502 g/mol. The molecule has 0 aromatic carbocycles. The van der Waals surface area contributed by atoms with Gasteiger partial charge in [0.1, 0.15) is 0 Å². The molecule has 3 nitrogen and oxygen atoms in total. The first-order valence-electron chi connectivity index (χ1n) is 9.37. The van der Waals surface area contributed by atoms with Crippen molar-refractivity contribution in [1.82, 2.24) is 0 Å². The van der Waals surface area contributed by atoms with Crippen molar-refractivity contribution in [1.29, 1.82) is 0 Å². The van der Waals surface area contributed by atoms with Crippen LogP contribution in [0, 0.1) is 17.8 Å². The van der Waals surface area contributed by atoms with E-state index in [-0.39, 0.29) is 12.5 Å². The lowest BCUT2D eigenvalue weighted by Crippen LogP contribution is -2.67. The van der Waals surface area contributed by atoms with Crippen LogP contribution in [0.2, 0.25) is 0 Å². The summed E-state index contributed by atoms with van der Waals surface area (Å²) in [6, 6.07) is 0. The molecule has 192 valence electrons. The first-order valence-corrected chi connectivity index (χ1v) is 9.37. The fourth-order valence-electron chi connectivity index (χ4n) is 3.75. The van der Waals surface area contributed by atoms with Gasteiger partial charge in [-0.3, -0.25) is 0 Å². The van der Waals surface area contributed by atoms with Gasteiger partial charge in [-0.25, -0.2) is 0 Å². The van der Waals surface area contributed by atoms with Crippen molar-refractivity contribution >= 4 is 0 Å². The van der Waals surface area contributed by atoms with Gasteiger partial charge >= 0.3 is 24.7 Å². The van der Waals surface area contributed by atoms with Crippen molar-refractivity contribution in [3.05, 3.63) is 0 Å². The van der Waals surface area contributed by atoms with Gasteiger partial charge in [-0.1, -0.05) is 20.3 Å². The molecule has 0 radical (unpaired) electrons. The Balaban J connectivity index is 3.57. The third-order valence-electron chi connectivity index (χ3n) is 5.89. The largest absolute Gasteiger partial charge is 0.426 e. The van der Waals surface area contributed by atoms with Gasteiger partial charge < -0.3 is 14.9 Å². The molecule has 1 saturated carbocycles. The molecule has 0 aliphatic heterocycles. The SMILES string of the molecule is CCC(C)COC1CC(C(O)(C(F)(F)F)C(F)(F)F)CC(C(O)(C(F)(F)F)C(F)(F)F)C1. The highest BCUT2D eigenvalue weighted by Gasteiger charge is 2.78. The zero-order valence-electron chi connectivity index (χ0n) is 16.7. The fraction of sp³-hybridized carbons (Fsp3) is 1.00. The summed E-state index contributed by atoms with van der Waals surface area (Å²) in [7, 11) is 0. The van der Waals surface area contributed by atoms with E-state index < -0.39 is 73.1 Å². The van der Waals surface area contributed by atoms with Crippen molar-refractivity contribution in [2.75, 3.05) is 6.61 Å². The zero-order chi connectivity index (χ0) is 25.6. The standard InChI is InChI=1S/C17H22F12O3/c1-3-8(2)7-32-11-5-9(12(30,14(18,19)20)15(21,22)23)4-10(6-11)13(31,16(24,25)26)17(27,28)29/h8-11,30-31H,3-7H2,1-2H3. The van der Waals surface area contributed by atoms with E-state index in [9.17, 15) is 62.9 Å². The molecule has 0 amide bonds. The van der Waals surface area contributed by atoms with Crippen molar-refractivity contribution in [3.8, 4) is 0 Å². The number of alkyl halides is 12. The number of hydrogen-bond donors (Lipinski definition) is 2. The quantitative estimate of drug-likeness (QED) is 0.469.